The Morgan fingerprint density at radius 3 is 2.79 bits per heavy atom. The first-order valence-electron chi connectivity index (χ1n) is 3.85. The monoisotopic (exact) mass is 235 g/mol. The normalized spacial score (nSPS) is 10.0. The largest absolute Gasteiger partial charge is 0.328 e. The maximum atomic E-state index is 13.2. The molecule has 14 heavy (non-hydrogen) atoms. The molecule has 0 aliphatic carbocycles. The van der Waals surface area contributed by atoms with E-state index in [0.717, 1.165) is 0 Å². The number of hydrogen-bond acceptors (Lipinski definition) is 1. The van der Waals surface area contributed by atoms with Crippen LogP contribution in [0.25, 0.3) is 0 Å². The van der Waals surface area contributed by atoms with E-state index in [2.05, 4.69) is 0 Å². The molecule has 1 amide bonds. The van der Waals surface area contributed by atoms with E-state index in [4.69, 9.17) is 23.2 Å². The molecule has 5 heteroatoms. The molecule has 0 N–H and O–H groups in total. The molecule has 0 aliphatic rings. The van der Waals surface area contributed by atoms with Crippen LogP contribution in [0.1, 0.15) is 5.56 Å². The molecule has 0 unspecified atom stereocenters. The summed E-state index contributed by atoms with van der Waals surface area (Å²) in [5.41, 5.74) is 0.342. The molecule has 0 saturated heterocycles. The molecule has 0 fully saturated rings. The highest BCUT2D eigenvalue weighted by atomic mass is 35.5. The molecule has 0 saturated carbocycles. The van der Waals surface area contributed by atoms with E-state index in [1.54, 1.807) is 0 Å². The zero-order chi connectivity index (χ0) is 10.7. The summed E-state index contributed by atoms with van der Waals surface area (Å²) in [6, 6.07) is 4.17. The third-order valence-electron chi connectivity index (χ3n) is 1.72. The van der Waals surface area contributed by atoms with E-state index < -0.39 is 11.2 Å². The minimum absolute atomic E-state index is 0.106. The van der Waals surface area contributed by atoms with Gasteiger partial charge in [0.1, 0.15) is 5.82 Å². The van der Waals surface area contributed by atoms with Crippen molar-refractivity contribution in [3.05, 3.63) is 34.6 Å². The fraction of sp³-hybridized carbons (Fsp3) is 0.222. The van der Waals surface area contributed by atoms with E-state index in [1.165, 1.54) is 30.1 Å². The minimum atomic E-state index is -0.635. The lowest BCUT2D eigenvalue weighted by Gasteiger charge is -2.13. The molecule has 0 aromatic heterocycles. The van der Waals surface area contributed by atoms with Crippen LogP contribution in [0.4, 0.5) is 9.18 Å². The number of rotatable bonds is 2. The molecule has 1 aromatic rings. The van der Waals surface area contributed by atoms with Gasteiger partial charge in [-0.05, 0) is 29.8 Å². The Labute approximate surface area is 91.2 Å². The lowest BCUT2D eigenvalue weighted by Crippen LogP contribution is -2.20. The number of amides is 1. The van der Waals surface area contributed by atoms with Crippen LogP contribution < -0.4 is 0 Å². The first-order valence-corrected chi connectivity index (χ1v) is 4.61. The van der Waals surface area contributed by atoms with Crippen LogP contribution >= 0.6 is 23.2 Å². The lowest BCUT2D eigenvalue weighted by molar-refractivity contribution is 0.230. The van der Waals surface area contributed by atoms with E-state index in [9.17, 15) is 9.18 Å². The highest BCUT2D eigenvalue weighted by Crippen LogP contribution is 2.16. The lowest BCUT2D eigenvalue weighted by atomic mass is 10.2. The first-order chi connectivity index (χ1) is 6.50. The highest BCUT2D eigenvalue weighted by Gasteiger charge is 2.09. The van der Waals surface area contributed by atoms with E-state index in [0.29, 0.717) is 10.6 Å². The Morgan fingerprint density at radius 1 is 1.57 bits per heavy atom. The summed E-state index contributed by atoms with van der Waals surface area (Å²) < 4.78 is 13.2. The minimum Gasteiger partial charge on any atom is -0.328 e. The van der Waals surface area contributed by atoms with Gasteiger partial charge in [-0.15, -0.1) is 0 Å². The van der Waals surface area contributed by atoms with E-state index in [-0.39, 0.29) is 6.54 Å². The summed E-state index contributed by atoms with van der Waals surface area (Å²) in [6.45, 7) is 0.106. The average molecular weight is 236 g/mol. The van der Waals surface area contributed by atoms with Crippen molar-refractivity contribution in [1.82, 2.24) is 4.90 Å². The van der Waals surface area contributed by atoms with Crippen molar-refractivity contribution in [2.24, 2.45) is 0 Å². The molecule has 0 atom stereocenters. The predicted molar refractivity (Wildman–Crippen MR) is 54.1 cm³/mol. The molecule has 0 bridgehead atoms. The maximum Gasteiger partial charge on any atom is 0.316 e. The summed E-state index contributed by atoms with van der Waals surface area (Å²) in [7, 11) is 1.48. The van der Waals surface area contributed by atoms with Gasteiger partial charge in [0.25, 0.3) is 0 Å². The Morgan fingerprint density at radius 2 is 2.21 bits per heavy atom. The molecule has 0 heterocycles. The zero-order valence-corrected chi connectivity index (χ0v) is 8.94. The second-order valence-corrected chi connectivity index (χ2v) is 3.60. The van der Waals surface area contributed by atoms with E-state index >= 15 is 0 Å². The van der Waals surface area contributed by atoms with Crippen LogP contribution in [0.5, 0.6) is 0 Å². The van der Waals surface area contributed by atoms with Gasteiger partial charge in [0.15, 0.2) is 0 Å². The van der Waals surface area contributed by atoms with Gasteiger partial charge in [-0.25, -0.2) is 4.39 Å². The second-order valence-electron chi connectivity index (χ2n) is 2.84. The summed E-state index contributed by atoms with van der Waals surface area (Å²) in [5.74, 6) is -0.404. The van der Waals surface area contributed by atoms with Crippen LogP contribution in [0, 0.1) is 5.82 Å². The molecule has 1 aromatic carbocycles. The third kappa shape index (κ3) is 2.86. The number of benzene rings is 1. The fourth-order valence-electron chi connectivity index (χ4n) is 0.982. The average Bonchev–Trinajstić information content (AvgIpc) is 2.11. The van der Waals surface area contributed by atoms with Gasteiger partial charge < -0.3 is 4.90 Å². The van der Waals surface area contributed by atoms with Gasteiger partial charge in [-0.3, -0.25) is 4.79 Å². The van der Waals surface area contributed by atoms with Crippen molar-refractivity contribution in [2.75, 3.05) is 7.05 Å². The van der Waals surface area contributed by atoms with Crippen LogP contribution in [0.15, 0.2) is 18.2 Å². The highest BCUT2D eigenvalue weighted by molar-refractivity contribution is 6.62. The molecule has 1 rings (SSSR count). The number of halogens is 3. The van der Waals surface area contributed by atoms with Gasteiger partial charge in [0.2, 0.25) is 0 Å². The van der Waals surface area contributed by atoms with E-state index in [1.807, 2.05) is 0 Å². The summed E-state index contributed by atoms with van der Waals surface area (Å²) >= 11 is 10.9. The first kappa shape index (κ1) is 11.3. The molecule has 76 valence electrons. The van der Waals surface area contributed by atoms with Crippen molar-refractivity contribution in [3.63, 3.8) is 0 Å². The van der Waals surface area contributed by atoms with Crippen LogP contribution in [0.3, 0.4) is 0 Å². The standard InChI is InChI=1S/C9H8Cl2FNO/c1-13(9(11)14)5-6-4-7(10)2-3-8(6)12/h2-4H,5H2,1H3. The predicted octanol–water partition coefficient (Wildman–Crippen LogP) is 3.27. The molecular weight excluding hydrogens is 228 g/mol. The topological polar surface area (TPSA) is 20.3 Å². The van der Waals surface area contributed by atoms with Crippen molar-refractivity contribution in [1.29, 1.82) is 0 Å². The van der Waals surface area contributed by atoms with Gasteiger partial charge in [0.05, 0.1) is 0 Å². The van der Waals surface area contributed by atoms with Crippen LogP contribution in [0.2, 0.25) is 5.02 Å². The number of carbonyl (C=O) groups excluding carboxylic acids is 1. The SMILES string of the molecule is CN(Cc1cc(Cl)ccc1F)C(=O)Cl. The van der Waals surface area contributed by atoms with Crippen molar-refractivity contribution >= 4 is 28.6 Å². The summed E-state index contributed by atoms with van der Waals surface area (Å²) in [6.07, 6.45) is 0. The van der Waals surface area contributed by atoms with Crippen LogP contribution in [-0.4, -0.2) is 17.3 Å². The smallest absolute Gasteiger partial charge is 0.316 e. The Bertz CT molecular complexity index is 357. The van der Waals surface area contributed by atoms with Crippen molar-refractivity contribution < 1.29 is 9.18 Å². The van der Waals surface area contributed by atoms with Crippen LogP contribution in [-0.2, 0) is 6.54 Å². The number of carbonyl (C=O) groups is 1. The van der Waals surface area contributed by atoms with Crippen molar-refractivity contribution in [3.8, 4) is 0 Å². The third-order valence-corrected chi connectivity index (χ3v) is 2.24. The number of nitrogens with zero attached hydrogens (tertiary/aromatic N) is 1. The molecule has 0 aliphatic heterocycles. The Hall–Kier alpha value is -0.800. The Balaban J connectivity index is 2.85. The molecule has 0 spiro atoms. The van der Waals surface area contributed by atoms with Gasteiger partial charge in [-0.1, -0.05) is 11.6 Å². The molecule has 0 radical (unpaired) electrons. The fourth-order valence-corrected chi connectivity index (χ4v) is 1.24. The van der Waals surface area contributed by atoms with Crippen molar-refractivity contribution in [2.45, 2.75) is 6.54 Å². The second kappa shape index (κ2) is 4.62. The quantitative estimate of drug-likeness (QED) is 0.570. The molecule has 2 nitrogen and oxygen atoms in total. The molecular formula is C9H8Cl2FNO. The van der Waals surface area contributed by atoms with Gasteiger partial charge in [-0.2, -0.15) is 0 Å². The summed E-state index contributed by atoms with van der Waals surface area (Å²) in [5, 5.41) is -0.207. The zero-order valence-electron chi connectivity index (χ0n) is 7.43. The number of hydrogen-bond donors (Lipinski definition) is 0. The maximum absolute atomic E-state index is 13.2. The summed E-state index contributed by atoms with van der Waals surface area (Å²) in [4.78, 5) is 11.9. The Kier molecular flexibility index (Phi) is 3.72. The van der Waals surface area contributed by atoms with Gasteiger partial charge >= 0.3 is 5.37 Å². The van der Waals surface area contributed by atoms with Gasteiger partial charge in [0, 0.05) is 24.2 Å².